The van der Waals surface area contributed by atoms with Gasteiger partial charge in [-0.05, 0) is 6.07 Å². The van der Waals surface area contributed by atoms with Crippen molar-refractivity contribution in [1.82, 2.24) is 25.2 Å². The number of hydrogen-bond acceptors (Lipinski definition) is 7. The molecule has 0 bridgehead atoms. The number of fused-ring (bicyclic) bond motifs is 1. The Morgan fingerprint density at radius 3 is 3.12 bits per heavy atom. The molecule has 1 saturated heterocycles. The monoisotopic (exact) mass is 367 g/mol. The summed E-state index contributed by atoms with van der Waals surface area (Å²) in [5.74, 6) is 0. The van der Waals surface area contributed by atoms with Crippen LogP contribution in [0.4, 0.5) is 4.79 Å². The summed E-state index contributed by atoms with van der Waals surface area (Å²) in [7, 11) is 0. The van der Waals surface area contributed by atoms with E-state index in [0.29, 0.717) is 18.7 Å². The minimum Gasteiger partial charge on any atom is -0.465 e. The van der Waals surface area contributed by atoms with Crippen LogP contribution in [0.15, 0.2) is 17.1 Å². The Hall–Kier alpha value is -2.47. The van der Waals surface area contributed by atoms with Crippen molar-refractivity contribution >= 4 is 17.1 Å². The van der Waals surface area contributed by atoms with Crippen LogP contribution in [-0.2, 0) is 16.1 Å². The molecule has 1 fully saturated rings. The molecule has 2 aromatic heterocycles. The van der Waals surface area contributed by atoms with Crippen molar-refractivity contribution in [2.75, 3.05) is 32.8 Å². The molecule has 2 aromatic rings. The normalized spacial score (nSPS) is 20.3. The second-order valence-electron chi connectivity index (χ2n) is 5.87. The first-order chi connectivity index (χ1) is 12.6. The molecule has 11 heteroatoms. The fourth-order valence-electron chi connectivity index (χ4n) is 2.72. The molecule has 142 valence electrons. The highest BCUT2D eigenvalue weighted by Gasteiger charge is 2.24. The number of carboxylic acid groups (broad SMARTS) is 1. The Balaban J connectivity index is 1.68. The molecule has 26 heavy (non-hydrogen) atoms. The van der Waals surface area contributed by atoms with E-state index in [0.717, 1.165) is 11.1 Å². The fourth-order valence-corrected chi connectivity index (χ4v) is 2.72. The third-order valence-electron chi connectivity index (χ3n) is 3.92. The number of nitrogens with zero attached hydrogens (tertiary/aromatic N) is 2. The van der Waals surface area contributed by atoms with Crippen molar-refractivity contribution < 1.29 is 24.5 Å². The quantitative estimate of drug-likeness (QED) is 0.391. The van der Waals surface area contributed by atoms with E-state index >= 15 is 0 Å². The number of aliphatic hydroxyl groups excluding tert-OH is 1. The Morgan fingerprint density at radius 2 is 2.35 bits per heavy atom. The number of H-pyrrole nitrogens is 1. The van der Waals surface area contributed by atoms with Gasteiger partial charge in [0, 0.05) is 36.9 Å². The molecule has 0 aromatic carbocycles. The zero-order valence-electron chi connectivity index (χ0n) is 14.0. The number of rotatable bonds is 7. The van der Waals surface area contributed by atoms with Gasteiger partial charge < -0.3 is 35.3 Å². The summed E-state index contributed by atoms with van der Waals surface area (Å²) < 4.78 is 12.5. The standard InChI is InChI=1S/C15H21N5O6/c21-7-11-4-16-5-12(26-11)20-6-9-3-10(18-13(9)19-14(20)22)8-25-2-1-17-15(23)24/h3,6,11-12,16-17,21H,1-2,4-5,7-8H2,(H,23,24)(H,18,19,22)/t11-,12-/m0/s1. The largest absolute Gasteiger partial charge is 0.465 e. The topological polar surface area (TPSA) is 151 Å². The molecule has 1 aliphatic rings. The average molecular weight is 367 g/mol. The molecule has 3 heterocycles. The number of aliphatic hydroxyl groups is 1. The summed E-state index contributed by atoms with van der Waals surface area (Å²) in [5, 5.41) is 23.7. The second-order valence-corrected chi connectivity index (χ2v) is 5.87. The molecule has 0 aliphatic carbocycles. The average Bonchev–Trinajstić information content (AvgIpc) is 3.02. The molecule has 0 saturated carbocycles. The van der Waals surface area contributed by atoms with E-state index in [2.05, 4.69) is 20.6 Å². The lowest BCUT2D eigenvalue weighted by Gasteiger charge is -2.30. The number of hydrogen-bond donors (Lipinski definition) is 5. The van der Waals surface area contributed by atoms with Crippen molar-refractivity contribution in [2.45, 2.75) is 18.9 Å². The molecular weight excluding hydrogens is 346 g/mol. The van der Waals surface area contributed by atoms with Crippen LogP contribution in [0.25, 0.3) is 11.0 Å². The Bertz CT molecular complexity index is 818. The van der Waals surface area contributed by atoms with E-state index in [1.54, 1.807) is 6.20 Å². The van der Waals surface area contributed by atoms with Crippen LogP contribution in [0.1, 0.15) is 11.9 Å². The highest BCUT2D eigenvalue weighted by atomic mass is 16.5. The van der Waals surface area contributed by atoms with Crippen LogP contribution in [0, 0.1) is 0 Å². The van der Waals surface area contributed by atoms with E-state index < -0.39 is 18.0 Å². The van der Waals surface area contributed by atoms with Gasteiger partial charge in [0.05, 0.1) is 25.9 Å². The van der Waals surface area contributed by atoms with Gasteiger partial charge in [0.2, 0.25) is 0 Å². The smallest absolute Gasteiger partial charge is 0.404 e. The third-order valence-corrected chi connectivity index (χ3v) is 3.92. The van der Waals surface area contributed by atoms with Gasteiger partial charge in [-0.15, -0.1) is 0 Å². The highest BCUT2D eigenvalue weighted by molar-refractivity contribution is 5.75. The maximum Gasteiger partial charge on any atom is 0.404 e. The van der Waals surface area contributed by atoms with Gasteiger partial charge in [-0.3, -0.25) is 4.57 Å². The SMILES string of the molecule is O=C(O)NCCOCc1cc2cn([C@@H]3CNC[C@@H](CO)O3)c(=O)nc2[nH]1. The first-order valence-electron chi connectivity index (χ1n) is 8.19. The van der Waals surface area contributed by atoms with E-state index in [4.69, 9.17) is 14.6 Å². The Labute approximate surface area is 147 Å². The van der Waals surface area contributed by atoms with Crippen LogP contribution >= 0.6 is 0 Å². The number of morpholine rings is 1. The van der Waals surface area contributed by atoms with Gasteiger partial charge >= 0.3 is 11.8 Å². The minimum absolute atomic E-state index is 0.129. The molecule has 2 atom stereocenters. The van der Waals surface area contributed by atoms with Crippen molar-refractivity contribution in [3.05, 3.63) is 28.4 Å². The summed E-state index contributed by atoms with van der Waals surface area (Å²) in [4.78, 5) is 29.6. The van der Waals surface area contributed by atoms with Crippen molar-refractivity contribution in [3.8, 4) is 0 Å². The molecule has 0 spiro atoms. The molecule has 11 nitrogen and oxygen atoms in total. The first kappa shape index (κ1) is 18.3. The fraction of sp³-hybridized carbons (Fsp3) is 0.533. The van der Waals surface area contributed by atoms with E-state index in [9.17, 15) is 14.7 Å². The number of carbonyl (C=O) groups is 1. The number of ether oxygens (including phenoxy) is 2. The number of aromatic nitrogens is 3. The van der Waals surface area contributed by atoms with Gasteiger partial charge in [0.25, 0.3) is 0 Å². The first-order valence-corrected chi connectivity index (χ1v) is 8.19. The van der Waals surface area contributed by atoms with Gasteiger partial charge in [-0.1, -0.05) is 0 Å². The summed E-state index contributed by atoms with van der Waals surface area (Å²) in [6.07, 6.45) is -0.352. The van der Waals surface area contributed by atoms with Crippen molar-refractivity contribution in [3.63, 3.8) is 0 Å². The summed E-state index contributed by atoms with van der Waals surface area (Å²) in [6.45, 7) is 1.50. The van der Waals surface area contributed by atoms with Crippen molar-refractivity contribution in [2.24, 2.45) is 0 Å². The molecule has 1 aliphatic heterocycles. The van der Waals surface area contributed by atoms with Crippen molar-refractivity contribution in [1.29, 1.82) is 0 Å². The van der Waals surface area contributed by atoms with Gasteiger partial charge in [0.15, 0.2) is 6.23 Å². The highest BCUT2D eigenvalue weighted by Crippen LogP contribution is 2.17. The second kappa shape index (κ2) is 8.27. The van der Waals surface area contributed by atoms with Gasteiger partial charge in [-0.25, -0.2) is 9.59 Å². The van der Waals surface area contributed by atoms with Crippen LogP contribution in [-0.4, -0.2) is 69.8 Å². The minimum atomic E-state index is -1.10. The van der Waals surface area contributed by atoms with Crippen LogP contribution < -0.4 is 16.3 Å². The maximum atomic E-state index is 12.3. The lowest BCUT2D eigenvalue weighted by atomic mass is 10.3. The van der Waals surface area contributed by atoms with E-state index in [1.807, 2.05) is 6.07 Å². The zero-order valence-corrected chi connectivity index (χ0v) is 14.0. The Kier molecular flexibility index (Phi) is 5.83. The molecular formula is C15H21N5O6. The molecule has 5 N–H and O–H groups in total. The molecule has 0 unspecified atom stereocenters. The lowest BCUT2D eigenvalue weighted by molar-refractivity contribution is -0.0965. The van der Waals surface area contributed by atoms with Crippen LogP contribution in [0.5, 0.6) is 0 Å². The Morgan fingerprint density at radius 1 is 1.50 bits per heavy atom. The zero-order chi connectivity index (χ0) is 18.5. The van der Waals surface area contributed by atoms with Gasteiger partial charge in [0.1, 0.15) is 5.65 Å². The predicted molar refractivity (Wildman–Crippen MR) is 89.9 cm³/mol. The number of aromatic amines is 1. The predicted octanol–water partition coefficient (Wildman–Crippen LogP) is -1.01. The number of amides is 1. The third kappa shape index (κ3) is 4.38. The van der Waals surface area contributed by atoms with E-state index in [-0.39, 0.29) is 32.5 Å². The van der Waals surface area contributed by atoms with Crippen LogP contribution in [0.2, 0.25) is 0 Å². The maximum absolute atomic E-state index is 12.3. The summed E-state index contributed by atoms with van der Waals surface area (Å²) in [5.41, 5.74) is 0.703. The molecule has 3 rings (SSSR count). The summed E-state index contributed by atoms with van der Waals surface area (Å²) in [6, 6.07) is 1.81. The van der Waals surface area contributed by atoms with Crippen LogP contribution in [0.3, 0.4) is 0 Å². The van der Waals surface area contributed by atoms with Gasteiger partial charge in [-0.2, -0.15) is 4.98 Å². The molecule has 0 radical (unpaired) electrons. The summed E-state index contributed by atoms with van der Waals surface area (Å²) >= 11 is 0. The molecule has 1 amide bonds. The van der Waals surface area contributed by atoms with E-state index in [1.165, 1.54) is 4.57 Å². The lowest BCUT2D eigenvalue weighted by Crippen LogP contribution is -2.46. The number of nitrogens with one attached hydrogen (secondary N) is 3.